The molecule has 4 rings (SSSR count). The molecule has 3 aromatic rings. The van der Waals surface area contributed by atoms with E-state index >= 15 is 0 Å². The topological polar surface area (TPSA) is 100 Å². The highest BCUT2D eigenvalue weighted by Crippen LogP contribution is 2.31. The fourth-order valence-electron chi connectivity index (χ4n) is 4.28. The molecule has 2 aromatic carbocycles. The summed E-state index contributed by atoms with van der Waals surface area (Å²) in [6.45, 7) is 3.32. The highest BCUT2D eigenvalue weighted by molar-refractivity contribution is 7.89. The highest BCUT2D eigenvalue weighted by Gasteiger charge is 2.36. The fourth-order valence-corrected chi connectivity index (χ4v) is 5.49. The van der Waals surface area contributed by atoms with Gasteiger partial charge in [-0.1, -0.05) is 25.1 Å². The standard InChI is InChI=1S/C27H29F2N3O5S/c1-17-14-32(18(2)16-33)27(34)24-11-20(19-7-9-21(28)10-8-19)13-30-26(24)37-25(17)15-31(3)38(35,36)23-6-4-5-22(29)12-23/h4-13,17-18,25,33H,14-16H2,1-3H3/t17-,18+,25-/m0/s1. The van der Waals surface area contributed by atoms with Crippen LogP contribution in [0.5, 0.6) is 5.88 Å². The largest absolute Gasteiger partial charge is 0.472 e. The second-order valence-electron chi connectivity index (χ2n) is 9.45. The summed E-state index contributed by atoms with van der Waals surface area (Å²) in [5.74, 6) is -1.81. The summed E-state index contributed by atoms with van der Waals surface area (Å²) in [4.78, 5) is 19.3. The number of carbonyl (C=O) groups excluding carboxylic acids is 1. The van der Waals surface area contributed by atoms with E-state index < -0.39 is 39.7 Å². The Morgan fingerprint density at radius 2 is 1.84 bits per heavy atom. The van der Waals surface area contributed by atoms with Gasteiger partial charge in [0.15, 0.2) is 0 Å². The van der Waals surface area contributed by atoms with Crippen molar-refractivity contribution in [2.45, 2.75) is 30.9 Å². The van der Waals surface area contributed by atoms with Crippen molar-refractivity contribution in [1.82, 2.24) is 14.2 Å². The van der Waals surface area contributed by atoms with E-state index in [9.17, 15) is 27.1 Å². The molecular weight excluding hydrogens is 516 g/mol. The first kappa shape index (κ1) is 27.6. The molecule has 0 saturated carbocycles. The summed E-state index contributed by atoms with van der Waals surface area (Å²) >= 11 is 0. The number of aromatic nitrogens is 1. The van der Waals surface area contributed by atoms with Crippen LogP contribution >= 0.6 is 0 Å². The average molecular weight is 546 g/mol. The number of aliphatic hydroxyl groups is 1. The zero-order valence-corrected chi connectivity index (χ0v) is 22.0. The van der Waals surface area contributed by atoms with Gasteiger partial charge < -0.3 is 14.7 Å². The second kappa shape index (κ2) is 11.1. The maximum atomic E-state index is 13.7. The number of halogens is 2. The lowest BCUT2D eigenvalue weighted by atomic mass is 9.99. The number of amides is 1. The Hall–Kier alpha value is -3.41. The molecule has 0 saturated heterocycles. The van der Waals surface area contributed by atoms with Gasteiger partial charge in [0.2, 0.25) is 15.9 Å². The second-order valence-corrected chi connectivity index (χ2v) is 11.5. The van der Waals surface area contributed by atoms with Gasteiger partial charge in [0.05, 0.1) is 24.1 Å². The molecule has 0 aliphatic carbocycles. The molecule has 1 N–H and O–H groups in total. The molecule has 0 radical (unpaired) electrons. The number of hydrogen-bond acceptors (Lipinski definition) is 6. The van der Waals surface area contributed by atoms with Crippen LogP contribution in [0.2, 0.25) is 0 Å². The van der Waals surface area contributed by atoms with E-state index in [0.717, 1.165) is 16.4 Å². The van der Waals surface area contributed by atoms with Gasteiger partial charge >= 0.3 is 0 Å². The van der Waals surface area contributed by atoms with Gasteiger partial charge in [-0.3, -0.25) is 4.79 Å². The van der Waals surface area contributed by atoms with E-state index in [1.54, 1.807) is 25.1 Å². The average Bonchev–Trinajstić information content (AvgIpc) is 2.90. The molecule has 0 bridgehead atoms. The summed E-state index contributed by atoms with van der Waals surface area (Å²) < 4.78 is 60.6. The van der Waals surface area contributed by atoms with Gasteiger partial charge in [-0.15, -0.1) is 0 Å². The quantitative estimate of drug-likeness (QED) is 0.487. The van der Waals surface area contributed by atoms with Crippen molar-refractivity contribution in [3.63, 3.8) is 0 Å². The van der Waals surface area contributed by atoms with Gasteiger partial charge in [0.25, 0.3) is 5.91 Å². The van der Waals surface area contributed by atoms with Crippen LogP contribution in [-0.2, 0) is 10.0 Å². The molecule has 202 valence electrons. The molecule has 1 amide bonds. The summed E-state index contributed by atoms with van der Waals surface area (Å²) in [5.41, 5.74) is 1.34. The Balaban J connectivity index is 1.71. The minimum Gasteiger partial charge on any atom is -0.472 e. The van der Waals surface area contributed by atoms with Crippen LogP contribution in [0.3, 0.4) is 0 Å². The van der Waals surface area contributed by atoms with Crippen LogP contribution < -0.4 is 4.74 Å². The first-order valence-electron chi connectivity index (χ1n) is 12.1. The smallest absolute Gasteiger partial charge is 0.259 e. The van der Waals surface area contributed by atoms with E-state index in [-0.39, 0.29) is 42.0 Å². The normalized spacial score (nSPS) is 18.9. The van der Waals surface area contributed by atoms with Crippen molar-refractivity contribution in [3.8, 4) is 17.0 Å². The predicted molar refractivity (Wildman–Crippen MR) is 137 cm³/mol. The van der Waals surface area contributed by atoms with Crippen molar-refractivity contribution >= 4 is 15.9 Å². The van der Waals surface area contributed by atoms with Gasteiger partial charge in [-0.05, 0) is 48.9 Å². The van der Waals surface area contributed by atoms with E-state index in [1.165, 1.54) is 42.4 Å². The van der Waals surface area contributed by atoms with Gasteiger partial charge in [-0.25, -0.2) is 22.2 Å². The van der Waals surface area contributed by atoms with Crippen LogP contribution in [-0.4, -0.2) is 72.5 Å². The van der Waals surface area contributed by atoms with E-state index in [0.29, 0.717) is 11.1 Å². The number of ether oxygens (including phenoxy) is 1. The lowest BCUT2D eigenvalue weighted by molar-refractivity contribution is 0.0373. The monoisotopic (exact) mass is 545 g/mol. The zero-order chi connectivity index (χ0) is 27.6. The molecular formula is C27H29F2N3O5S. The van der Waals surface area contributed by atoms with E-state index in [4.69, 9.17) is 4.74 Å². The van der Waals surface area contributed by atoms with Crippen LogP contribution in [0.4, 0.5) is 8.78 Å². The number of aliphatic hydroxyl groups excluding tert-OH is 1. The molecule has 1 aliphatic heterocycles. The van der Waals surface area contributed by atoms with Crippen LogP contribution in [0.25, 0.3) is 11.1 Å². The van der Waals surface area contributed by atoms with Crippen molar-refractivity contribution in [2.24, 2.45) is 5.92 Å². The molecule has 3 atom stereocenters. The third kappa shape index (κ3) is 5.69. The lowest BCUT2D eigenvalue weighted by Crippen LogP contribution is -2.50. The minimum absolute atomic E-state index is 0.0177. The van der Waals surface area contributed by atoms with Crippen molar-refractivity contribution in [2.75, 3.05) is 26.7 Å². The number of benzene rings is 2. The Labute approximate surface area is 220 Å². The molecule has 0 fully saturated rings. The minimum atomic E-state index is -4.03. The highest BCUT2D eigenvalue weighted by atomic mass is 32.2. The van der Waals surface area contributed by atoms with Gasteiger partial charge in [0.1, 0.15) is 23.3 Å². The summed E-state index contributed by atoms with van der Waals surface area (Å²) in [6, 6.07) is 11.6. The molecule has 0 unspecified atom stereocenters. The molecule has 38 heavy (non-hydrogen) atoms. The van der Waals surface area contributed by atoms with Crippen LogP contribution in [0.15, 0.2) is 65.7 Å². The number of pyridine rings is 1. The number of carbonyl (C=O) groups is 1. The zero-order valence-electron chi connectivity index (χ0n) is 21.2. The van der Waals surface area contributed by atoms with Crippen molar-refractivity contribution < 1.29 is 31.8 Å². The summed E-state index contributed by atoms with van der Waals surface area (Å²) in [5, 5.41) is 9.83. The van der Waals surface area contributed by atoms with Gasteiger partial charge in [0, 0.05) is 31.3 Å². The predicted octanol–water partition coefficient (Wildman–Crippen LogP) is 3.57. The summed E-state index contributed by atoms with van der Waals surface area (Å²) in [7, 11) is -2.66. The number of hydrogen-bond donors (Lipinski definition) is 1. The molecule has 1 aromatic heterocycles. The number of likely N-dealkylation sites (N-methyl/N-ethyl adjacent to an activating group) is 1. The fraction of sp³-hybridized carbons (Fsp3) is 0.333. The number of fused-ring (bicyclic) bond motifs is 1. The third-order valence-corrected chi connectivity index (χ3v) is 8.46. The first-order valence-corrected chi connectivity index (χ1v) is 13.5. The Morgan fingerprint density at radius 3 is 2.50 bits per heavy atom. The van der Waals surface area contributed by atoms with E-state index in [2.05, 4.69) is 4.98 Å². The van der Waals surface area contributed by atoms with E-state index in [1.807, 2.05) is 6.92 Å². The van der Waals surface area contributed by atoms with Crippen molar-refractivity contribution in [3.05, 3.63) is 78.0 Å². The number of rotatable bonds is 7. The lowest BCUT2D eigenvalue weighted by Gasteiger charge is -2.37. The molecule has 1 aliphatic rings. The molecule has 11 heteroatoms. The Kier molecular flexibility index (Phi) is 8.10. The first-order chi connectivity index (χ1) is 18.0. The molecule has 0 spiro atoms. The Bertz CT molecular complexity index is 1420. The summed E-state index contributed by atoms with van der Waals surface area (Å²) in [6.07, 6.45) is 0.767. The van der Waals surface area contributed by atoms with Crippen LogP contribution in [0, 0.1) is 17.6 Å². The van der Waals surface area contributed by atoms with Crippen LogP contribution in [0.1, 0.15) is 24.2 Å². The maximum absolute atomic E-state index is 13.7. The third-order valence-electron chi connectivity index (χ3n) is 6.64. The van der Waals surface area contributed by atoms with Gasteiger partial charge in [-0.2, -0.15) is 4.31 Å². The van der Waals surface area contributed by atoms with Crippen molar-refractivity contribution in [1.29, 1.82) is 0 Å². The number of nitrogens with zero attached hydrogens (tertiary/aromatic N) is 3. The Morgan fingerprint density at radius 1 is 1.13 bits per heavy atom. The number of sulfonamides is 1. The SMILES string of the molecule is C[C@H](CO)N1C[C@H](C)[C@H](CN(C)S(=O)(=O)c2cccc(F)c2)Oc2ncc(-c3ccc(F)cc3)cc2C1=O. The maximum Gasteiger partial charge on any atom is 0.259 e. The molecule has 8 nitrogen and oxygen atoms in total. The molecule has 2 heterocycles.